The van der Waals surface area contributed by atoms with Crippen LogP contribution in [0.2, 0.25) is 0 Å². The van der Waals surface area contributed by atoms with Gasteiger partial charge in [-0.25, -0.2) is 8.78 Å². The molecule has 0 aliphatic heterocycles. The summed E-state index contributed by atoms with van der Waals surface area (Å²) in [5.74, 6) is 0. The van der Waals surface area contributed by atoms with Crippen molar-refractivity contribution in [2.24, 2.45) is 10.2 Å². The van der Waals surface area contributed by atoms with Gasteiger partial charge in [0.15, 0.2) is 0 Å². The van der Waals surface area contributed by atoms with E-state index < -0.39 is 6.43 Å². The Morgan fingerprint density at radius 3 is 1.65 bits per heavy atom. The summed E-state index contributed by atoms with van der Waals surface area (Å²) in [5.41, 5.74) is 1.95. The van der Waals surface area contributed by atoms with E-state index >= 15 is 0 Å². The molecule has 0 atom stereocenters. The molecular weight excluding hydrogens is 258 g/mol. The van der Waals surface area contributed by atoms with Crippen molar-refractivity contribution in [2.75, 3.05) is 0 Å². The van der Waals surface area contributed by atoms with Crippen molar-refractivity contribution in [3.63, 3.8) is 0 Å². The molecule has 0 aliphatic rings. The SMILES string of the molecule is C/C(=N\N=C(c1ccccc1)c1ccccc1)C(F)F. The van der Waals surface area contributed by atoms with E-state index in [1.54, 1.807) is 0 Å². The largest absolute Gasteiger partial charge is 0.278 e. The highest BCUT2D eigenvalue weighted by Gasteiger charge is 2.09. The second kappa shape index (κ2) is 6.70. The first-order chi connectivity index (χ1) is 9.68. The lowest BCUT2D eigenvalue weighted by Gasteiger charge is -2.05. The molecule has 0 bridgehead atoms. The summed E-state index contributed by atoms with van der Waals surface area (Å²) in [6.07, 6.45) is -2.59. The third-order valence-electron chi connectivity index (χ3n) is 2.72. The standard InChI is InChI=1S/C16H14F2N2/c1-12(16(17)18)19-20-15(13-8-4-2-5-9-13)14-10-6-3-7-11-14/h2-11,16H,1H3/b19-12+. The van der Waals surface area contributed by atoms with Gasteiger partial charge in [-0.1, -0.05) is 60.7 Å². The third kappa shape index (κ3) is 3.57. The van der Waals surface area contributed by atoms with Crippen LogP contribution in [0, 0.1) is 0 Å². The molecule has 0 heterocycles. The average Bonchev–Trinajstić information content (AvgIpc) is 2.49. The van der Waals surface area contributed by atoms with Crippen molar-refractivity contribution in [3.8, 4) is 0 Å². The third-order valence-corrected chi connectivity index (χ3v) is 2.72. The molecule has 4 heteroatoms. The molecule has 2 aromatic carbocycles. The minimum Gasteiger partial charge on any atom is -0.204 e. The lowest BCUT2D eigenvalue weighted by Crippen LogP contribution is -2.06. The number of benzene rings is 2. The predicted molar refractivity (Wildman–Crippen MR) is 77.6 cm³/mol. The quantitative estimate of drug-likeness (QED) is 0.589. The fourth-order valence-electron chi connectivity index (χ4n) is 1.65. The predicted octanol–water partition coefficient (Wildman–Crippen LogP) is 4.17. The van der Waals surface area contributed by atoms with Crippen LogP contribution in [0.3, 0.4) is 0 Å². The van der Waals surface area contributed by atoms with Crippen LogP contribution in [-0.2, 0) is 0 Å². The molecule has 2 nitrogen and oxygen atoms in total. The molecule has 0 saturated carbocycles. The van der Waals surface area contributed by atoms with Gasteiger partial charge in [-0.3, -0.25) is 0 Å². The number of halogens is 2. The Labute approximate surface area is 116 Å². The fraction of sp³-hybridized carbons (Fsp3) is 0.125. The van der Waals surface area contributed by atoms with Crippen LogP contribution in [0.4, 0.5) is 8.78 Å². The van der Waals surface area contributed by atoms with Gasteiger partial charge in [-0.2, -0.15) is 5.10 Å². The molecule has 2 rings (SSSR count). The van der Waals surface area contributed by atoms with Crippen LogP contribution in [0.5, 0.6) is 0 Å². The van der Waals surface area contributed by atoms with Crippen molar-refractivity contribution in [3.05, 3.63) is 71.8 Å². The van der Waals surface area contributed by atoms with Crippen LogP contribution in [0.1, 0.15) is 18.1 Å². The zero-order chi connectivity index (χ0) is 14.4. The first-order valence-electron chi connectivity index (χ1n) is 6.19. The van der Waals surface area contributed by atoms with Gasteiger partial charge in [0, 0.05) is 11.1 Å². The summed E-state index contributed by atoms with van der Waals surface area (Å²) >= 11 is 0. The zero-order valence-electron chi connectivity index (χ0n) is 11.0. The first kappa shape index (κ1) is 14.1. The Kier molecular flexibility index (Phi) is 4.71. The van der Waals surface area contributed by atoms with E-state index in [9.17, 15) is 8.78 Å². The lowest BCUT2D eigenvalue weighted by molar-refractivity contribution is 0.224. The molecule has 20 heavy (non-hydrogen) atoms. The van der Waals surface area contributed by atoms with Gasteiger partial charge in [-0.05, 0) is 6.92 Å². The fourth-order valence-corrected chi connectivity index (χ4v) is 1.65. The lowest BCUT2D eigenvalue weighted by atomic mass is 10.0. The monoisotopic (exact) mass is 272 g/mol. The van der Waals surface area contributed by atoms with E-state index in [1.165, 1.54) is 6.92 Å². The molecule has 2 aromatic rings. The minimum atomic E-state index is -2.59. The smallest absolute Gasteiger partial charge is 0.204 e. The Morgan fingerprint density at radius 1 is 0.800 bits per heavy atom. The summed E-state index contributed by atoms with van der Waals surface area (Å²) in [6, 6.07) is 18.8. The molecule has 0 aromatic heterocycles. The molecule has 0 spiro atoms. The average molecular weight is 272 g/mol. The molecule has 0 aliphatic carbocycles. The van der Waals surface area contributed by atoms with Crippen LogP contribution in [-0.4, -0.2) is 17.8 Å². The van der Waals surface area contributed by atoms with Crippen molar-refractivity contribution in [2.45, 2.75) is 13.3 Å². The second-order valence-electron chi connectivity index (χ2n) is 4.22. The molecule has 0 unspecified atom stereocenters. The van der Waals surface area contributed by atoms with Gasteiger partial charge in [0.1, 0.15) is 11.4 Å². The van der Waals surface area contributed by atoms with Crippen molar-refractivity contribution >= 4 is 11.4 Å². The number of alkyl halides is 2. The number of rotatable bonds is 4. The van der Waals surface area contributed by atoms with Crippen LogP contribution in [0.25, 0.3) is 0 Å². The molecular formula is C16H14F2N2. The van der Waals surface area contributed by atoms with Gasteiger partial charge in [0.2, 0.25) is 0 Å². The molecule has 0 radical (unpaired) electrons. The van der Waals surface area contributed by atoms with E-state index in [0.29, 0.717) is 5.71 Å². The van der Waals surface area contributed by atoms with Crippen LogP contribution >= 0.6 is 0 Å². The van der Waals surface area contributed by atoms with Crippen molar-refractivity contribution in [1.29, 1.82) is 0 Å². The number of hydrogen-bond donors (Lipinski definition) is 0. The van der Waals surface area contributed by atoms with E-state index in [2.05, 4.69) is 10.2 Å². The molecule has 0 fully saturated rings. The molecule has 0 N–H and O–H groups in total. The van der Waals surface area contributed by atoms with Gasteiger partial charge in [0.05, 0.1) is 0 Å². The van der Waals surface area contributed by atoms with Crippen molar-refractivity contribution < 1.29 is 8.78 Å². The second-order valence-corrected chi connectivity index (χ2v) is 4.22. The molecule has 102 valence electrons. The molecule has 0 saturated heterocycles. The summed E-state index contributed by atoms with van der Waals surface area (Å²) in [7, 11) is 0. The van der Waals surface area contributed by atoms with E-state index in [0.717, 1.165) is 11.1 Å². The summed E-state index contributed by atoms with van der Waals surface area (Å²) < 4.78 is 25.0. The van der Waals surface area contributed by atoms with E-state index in [1.807, 2.05) is 60.7 Å². The van der Waals surface area contributed by atoms with E-state index in [-0.39, 0.29) is 5.71 Å². The zero-order valence-corrected chi connectivity index (χ0v) is 11.0. The van der Waals surface area contributed by atoms with Gasteiger partial charge < -0.3 is 0 Å². The Bertz CT molecular complexity index is 563. The Morgan fingerprint density at radius 2 is 1.25 bits per heavy atom. The van der Waals surface area contributed by atoms with Crippen molar-refractivity contribution in [1.82, 2.24) is 0 Å². The highest BCUT2D eigenvalue weighted by atomic mass is 19.3. The van der Waals surface area contributed by atoms with E-state index in [4.69, 9.17) is 0 Å². The molecule has 0 amide bonds. The van der Waals surface area contributed by atoms with Gasteiger partial charge >= 0.3 is 0 Å². The highest BCUT2D eigenvalue weighted by Crippen LogP contribution is 2.11. The first-order valence-corrected chi connectivity index (χ1v) is 6.19. The summed E-state index contributed by atoms with van der Waals surface area (Å²) in [6.45, 7) is 1.27. The number of nitrogens with zero attached hydrogens (tertiary/aromatic N) is 2. The maximum atomic E-state index is 12.5. The normalized spacial score (nSPS) is 11.5. The maximum absolute atomic E-state index is 12.5. The summed E-state index contributed by atoms with van der Waals surface area (Å²) in [4.78, 5) is 0. The van der Waals surface area contributed by atoms with Crippen LogP contribution in [0.15, 0.2) is 70.9 Å². The summed E-state index contributed by atoms with van der Waals surface area (Å²) in [5, 5.41) is 7.64. The minimum absolute atomic E-state index is 0.297. The van der Waals surface area contributed by atoms with Gasteiger partial charge in [0.25, 0.3) is 6.43 Å². The highest BCUT2D eigenvalue weighted by molar-refractivity contribution is 6.13. The van der Waals surface area contributed by atoms with Crippen LogP contribution < -0.4 is 0 Å². The maximum Gasteiger partial charge on any atom is 0.278 e. The Hall–Kier alpha value is -2.36. The Balaban J connectivity index is 2.46. The number of hydrogen-bond acceptors (Lipinski definition) is 2. The topological polar surface area (TPSA) is 24.7 Å². The van der Waals surface area contributed by atoms with Gasteiger partial charge in [-0.15, -0.1) is 5.10 Å².